The standard InChI is InChI=1S/C23H20F5N3O3/c1-13(31-20(32)8-7-19(30-31)14-5-4-6-18(9-14)34-3)21(33)29-17-11-15(22(2,24)25)10-16(12-17)23(26,27)28/h4-13H,1-3H3,(H,29,33). The smallest absolute Gasteiger partial charge is 0.416 e. The largest absolute Gasteiger partial charge is 0.497 e. The normalized spacial score (nSPS) is 12.8. The Balaban J connectivity index is 1.94. The second-order valence-electron chi connectivity index (χ2n) is 7.58. The number of methoxy groups -OCH3 is 1. The number of carbonyl (C=O) groups is 1. The second-order valence-corrected chi connectivity index (χ2v) is 7.58. The van der Waals surface area contributed by atoms with Crippen molar-refractivity contribution in [3.8, 4) is 17.0 Å². The molecular weight excluding hydrogens is 461 g/mol. The van der Waals surface area contributed by atoms with E-state index in [9.17, 15) is 31.5 Å². The molecule has 2 aromatic carbocycles. The minimum atomic E-state index is -4.91. The lowest BCUT2D eigenvalue weighted by atomic mass is 10.0. The Hall–Kier alpha value is -3.76. The van der Waals surface area contributed by atoms with Crippen LogP contribution in [0.3, 0.4) is 0 Å². The summed E-state index contributed by atoms with van der Waals surface area (Å²) in [5, 5.41) is 6.36. The monoisotopic (exact) mass is 481 g/mol. The molecule has 11 heteroatoms. The molecule has 1 heterocycles. The van der Waals surface area contributed by atoms with Gasteiger partial charge in [0.15, 0.2) is 0 Å². The van der Waals surface area contributed by atoms with E-state index in [4.69, 9.17) is 4.74 Å². The second kappa shape index (κ2) is 9.24. The van der Waals surface area contributed by atoms with Crippen LogP contribution in [-0.4, -0.2) is 22.8 Å². The molecule has 34 heavy (non-hydrogen) atoms. The number of benzene rings is 2. The van der Waals surface area contributed by atoms with Crippen molar-refractivity contribution in [2.24, 2.45) is 0 Å². The Labute approximate surface area is 191 Å². The molecule has 0 aliphatic rings. The molecule has 6 nitrogen and oxygen atoms in total. The highest BCUT2D eigenvalue weighted by Crippen LogP contribution is 2.36. The molecule has 1 atom stereocenters. The summed E-state index contributed by atoms with van der Waals surface area (Å²) in [7, 11) is 1.48. The van der Waals surface area contributed by atoms with Gasteiger partial charge in [-0.1, -0.05) is 12.1 Å². The van der Waals surface area contributed by atoms with Gasteiger partial charge in [-0.15, -0.1) is 0 Å². The summed E-state index contributed by atoms with van der Waals surface area (Å²) in [6.45, 7) is 1.76. The summed E-state index contributed by atoms with van der Waals surface area (Å²) in [5.74, 6) is -3.95. The Kier molecular flexibility index (Phi) is 6.76. The number of anilines is 1. The van der Waals surface area contributed by atoms with E-state index in [0.29, 0.717) is 36.1 Å². The van der Waals surface area contributed by atoms with Crippen molar-refractivity contribution in [2.75, 3.05) is 12.4 Å². The van der Waals surface area contributed by atoms with E-state index >= 15 is 0 Å². The number of aromatic nitrogens is 2. The summed E-state index contributed by atoms with van der Waals surface area (Å²) in [6.07, 6.45) is -4.91. The van der Waals surface area contributed by atoms with Crippen molar-refractivity contribution in [3.05, 3.63) is 76.1 Å². The minimum absolute atomic E-state index is 0.322. The summed E-state index contributed by atoms with van der Waals surface area (Å²) in [6, 6.07) is 9.77. The van der Waals surface area contributed by atoms with Crippen LogP contribution in [0.25, 0.3) is 11.3 Å². The first-order valence-corrected chi connectivity index (χ1v) is 9.95. The quantitative estimate of drug-likeness (QED) is 0.488. The third-order valence-corrected chi connectivity index (χ3v) is 4.97. The maximum absolute atomic E-state index is 13.7. The zero-order chi connectivity index (χ0) is 25.3. The predicted octanol–water partition coefficient (Wildman–Crippen LogP) is 5.25. The highest BCUT2D eigenvalue weighted by atomic mass is 19.4. The van der Waals surface area contributed by atoms with E-state index in [1.807, 2.05) is 0 Å². The lowest BCUT2D eigenvalue weighted by Crippen LogP contribution is -2.33. The molecule has 0 bridgehead atoms. The fourth-order valence-corrected chi connectivity index (χ4v) is 3.11. The maximum atomic E-state index is 13.7. The van der Waals surface area contributed by atoms with Crippen LogP contribution >= 0.6 is 0 Å². The van der Waals surface area contributed by atoms with Gasteiger partial charge < -0.3 is 10.1 Å². The first kappa shape index (κ1) is 24.9. The molecule has 1 unspecified atom stereocenters. The van der Waals surface area contributed by atoms with Gasteiger partial charge in [-0.3, -0.25) is 9.59 Å². The highest BCUT2D eigenvalue weighted by Gasteiger charge is 2.35. The van der Waals surface area contributed by atoms with Crippen molar-refractivity contribution in [3.63, 3.8) is 0 Å². The SMILES string of the molecule is COc1cccc(-c2ccc(=O)n(C(C)C(=O)Nc3cc(C(C)(F)F)cc(C(F)(F)F)c3)n2)c1. The third kappa shape index (κ3) is 5.59. The third-order valence-electron chi connectivity index (χ3n) is 4.97. The number of alkyl halides is 5. The van der Waals surface area contributed by atoms with E-state index in [2.05, 4.69) is 10.4 Å². The lowest BCUT2D eigenvalue weighted by molar-refractivity contribution is -0.137. The molecule has 0 aliphatic heterocycles. The molecule has 0 fully saturated rings. The number of halogens is 5. The molecule has 0 aliphatic carbocycles. The lowest BCUT2D eigenvalue weighted by Gasteiger charge is -2.18. The molecule has 180 valence electrons. The summed E-state index contributed by atoms with van der Waals surface area (Å²) in [4.78, 5) is 25.1. The van der Waals surface area contributed by atoms with Gasteiger partial charge >= 0.3 is 6.18 Å². The van der Waals surface area contributed by atoms with Crippen LogP contribution in [0.2, 0.25) is 0 Å². The number of nitrogens with one attached hydrogen (secondary N) is 1. The number of ether oxygens (including phenoxy) is 1. The van der Waals surface area contributed by atoms with Gasteiger partial charge in [0, 0.05) is 29.8 Å². The van der Waals surface area contributed by atoms with Crippen LogP contribution in [0.4, 0.5) is 27.6 Å². The van der Waals surface area contributed by atoms with Gasteiger partial charge in [0.25, 0.3) is 11.5 Å². The number of hydrogen-bond acceptors (Lipinski definition) is 4. The minimum Gasteiger partial charge on any atom is -0.497 e. The summed E-state index contributed by atoms with van der Waals surface area (Å²) >= 11 is 0. The molecule has 0 saturated carbocycles. The Morgan fingerprint density at radius 3 is 2.32 bits per heavy atom. The van der Waals surface area contributed by atoms with Gasteiger partial charge in [0.05, 0.1) is 18.4 Å². The molecule has 3 aromatic rings. The molecule has 1 amide bonds. The number of carbonyl (C=O) groups excluding carboxylic acids is 1. The van der Waals surface area contributed by atoms with Crippen LogP contribution in [0.5, 0.6) is 5.75 Å². The Bertz CT molecular complexity index is 1230. The maximum Gasteiger partial charge on any atom is 0.416 e. The molecule has 0 saturated heterocycles. The Morgan fingerprint density at radius 2 is 1.71 bits per heavy atom. The van der Waals surface area contributed by atoms with E-state index in [1.165, 1.54) is 26.2 Å². The van der Waals surface area contributed by atoms with Crippen LogP contribution in [0.1, 0.15) is 31.0 Å². The Morgan fingerprint density at radius 1 is 1.03 bits per heavy atom. The number of nitrogens with zero attached hydrogens (tertiary/aromatic N) is 2. The average Bonchev–Trinajstić information content (AvgIpc) is 2.77. The highest BCUT2D eigenvalue weighted by molar-refractivity contribution is 5.93. The van der Waals surface area contributed by atoms with Crippen LogP contribution in [-0.2, 0) is 16.9 Å². The van der Waals surface area contributed by atoms with Gasteiger partial charge in [-0.2, -0.15) is 18.3 Å². The topological polar surface area (TPSA) is 73.2 Å². The zero-order valence-electron chi connectivity index (χ0n) is 18.3. The van der Waals surface area contributed by atoms with Gasteiger partial charge in [0.2, 0.25) is 5.91 Å². The van der Waals surface area contributed by atoms with Crippen molar-refractivity contribution in [1.82, 2.24) is 9.78 Å². The van der Waals surface area contributed by atoms with Gasteiger partial charge in [0.1, 0.15) is 11.8 Å². The zero-order valence-corrected chi connectivity index (χ0v) is 18.3. The van der Waals surface area contributed by atoms with E-state index < -0.39 is 46.4 Å². The molecule has 0 radical (unpaired) electrons. The van der Waals surface area contributed by atoms with Gasteiger partial charge in [-0.05, 0) is 43.3 Å². The number of amides is 1. The van der Waals surface area contributed by atoms with Crippen molar-refractivity contribution < 1.29 is 31.5 Å². The van der Waals surface area contributed by atoms with Crippen molar-refractivity contribution >= 4 is 11.6 Å². The molecule has 3 rings (SSSR count). The van der Waals surface area contributed by atoms with E-state index in [-0.39, 0.29) is 0 Å². The van der Waals surface area contributed by atoms with Gasteiger partial charge in [-0.25, -0.2) is 13.5 Å². The number of rotatable bonds is 6. The fraction of sp³-hybridized carbons (Fsp3) is 0.261. The fourth-order valence-electron chi connectivity index (χ4n) is 3.11. The predicted molar refractivity (Wildman–Crippen MR) is 115 cm³/mol. The number of hydrogen-bond donors (Lipinski definition) is 1. The van der Waals surface area contributed by atoms with E-state index in [1.54, 1.807) is 24.3 Å². The van der Waals surface area contributed by atoms with Crippen molar-refractivity contribution in [1.29, 1.82) is 0 Å². The van der Waals surface area contributed by atoms with Crippen LogP contribution in [0.15, 0.2) is 59.4 Å². The summed E-state index contributed by atoms with van der Waals surface area (Å²) < 4.78 is 73.0. The molecular formula is C23H20F5N3O3. The van der Waals surface area contributed by atoms with Crippen molar-refractivity contribution in [2.45, 2.75) is 32.0 Å². The first-order valence-electron chi connectivity index (χ1n) is 9.95. The van der Waals surface area contributed by atoms with Crippen LogP contribution < -0.4 is 15.6 Å². The molecule has 0 spiro atoms. The average molecular weight is 481 g/mol. The summed E-state index contributed by atoms with van der Waals surface area (Å²) in [5.41, 5.74) is -2.46. The van der Waals surface area contributed by atoms with E-state index in [0.717, 1.165) is 10.7 Å². The molecule has 1 aromatic heterocycles. The van der Waals surface area contributed by atoms with Crippen LogP contribution in [0, 0.1) is 0 Å². The first-order chi connectivity index (χ1) is 15.8. The molecule has 1 N–H and O–H groups in total.